The molecule has 0 saturated heterocycles. The van der Waals surface area contributed by atoms with Gasteiger partial charge in [-0.2, -0.15) is 10.2 Å². The van der Waals surface area contributed by atoms with E-state index < -0.39 is 0 Å². The van der Waals surface area contributed by atoms with Crippen LogP contribution in [0.2, 0.25) is 0 Å². The molecule has 0 radical (unpaired) electrons. The van der Waals surface area contributed by atoms with Crippen LogP contribution in [0.3, 0.4) is 0 Å². The van der Waals surface area contributed by atoms with E-state index >= 15 is 0 Å². The molecule has 4 rings (SSSR count). The van der Waals surface area contributed by atoms with Crippen molar-refractivity contribution in [2.24, 2.45) is 10.2 Å². The maximum Gasteiger partial charge on any atom is 0.176 e. The molecule has 0 spiro atoms. The summed E-state index contributed by atoms with van der Waals surface area (Å²) in [6.07, 6.45) is 3.52. The van der Waals surface area contributed by atoms with E-state index in [1.54, 1.807) is 12.4 Å². The normalized spacial score (nSPS) is 11.4. The Morgan fingerprint density at radius 1 is 0.600 bits per heavy atom. The fraction of sp³-hybridized carbons (Fsp3) is 0.0833. The Bertz CT molecular complexity index is 1100. The predicted octanol–water partition coefficient (Wildman–Crippen LogP) is 5.14. The molecular formula is C24H22N6. The van der Waals surface area contributed by atoms with Gasteiger partial charge in [-0.25, -0.2) is 0 Å². The third-order valence-electron chi connectivity index (χ3n) is 4.61. The molecule has 148 valence electrons. The number of aryl methyl sites for hydroxylation is 2. The molecule has 0 atom stereocenters. The molecule has 1 heterocycles. The molecule has 0 saturated carbocycles. The lowest BCUT2D eigenvalue weighted by atomic mass is 10.2. The number of hydrazone groups is 2. The molecule has 0 aliphatic heterocycles. The summed E-state index contributed by atoms with van der Waals surface area (Å²) in [5.41, 5.74) is 10.4. The third-order valence-corrected chi connectivity index (χ3v) is 4.61. The summed E-state index contributed by atoms with van der Waals surface area (Å²) >= 11 is 0. The van der Waals surface area contributed by atoms with Crippen molar-refractivity contribution in [2.45, 2.75) is 13.8 Å². The smallest absolute Gasteiger partial charge is 0.176 e. The molecule has 0 amide bonds. The number of nitrogens with one attached hydrogen (secondary N) is 2. The molecule has 0 fully saturated rings. The molecule has 6 heteroatoms. The zero-order chi connectivity index (χ0) is 20.8. The van der Waals surface area contributed by atoms with Crippen LogP contribution in [0.4, 0.5) is 11.6 Å². The highest BCUT2D eigenvalue weighted by Gasteiger charge is 2.07. The van der Waals surface area contributed by atoms with Gasteiger partial charge in [0.25, 0.3) is 0 Å². The minimum Gasteiger partial charge on any atom is -0.259 e. The first-order valence-electron chi connectivity index (χ1n) is 9.66. The Kier molecular flexibility index (Phi) is 5.75. The van der Waals surface area contributed by atoms with Gasteiger partial charge in [-0.05, 0) is 25.0 Å². The van der Waals surface area contributed by atoms with Crippen LogP contribution >= 0.6 is 0 Å². The first kappa shape index (κ1) is 19.3. The summed E-state index contributed by atoms with van der Waals surface area (Å²) in [6, 6.07) is 24.1. The van der Waals surface area contributed by atoms with Gasteiger partial charge in [0.05, 0.1) is 12.4 Å². The maximum atomic E-state index is 4.30. The lowest BCUT2D eigenvalue weighted by Gasteiger charge is -2.08. The average molecular weight is 394 g/mol. The minimum absolute atomic E-state index is 0.585. The second-order valence-electron chi connectivity index (χ2n) is 7.00. The number of aromatic nitrogens is 2. The van der Waals surface area contributed by atoms with E-state index in [0.29, 0.717) is 11.6 Å². The predicted molar refractivity (Wildman–Crippen MR) is 124 cm³/mol. The zero-order valence-corrected chi connectivity index (χ0v) is 16.9. The third kappa shape index (κ3) is 4.67. The molecule has 0 aliphatic carbocycles. The van der Waals surface area contributed by atoms with Gasteiger partial charge in [0, 0.05) is 10.8 Å². The number of nitrogens with zero attached hydrogens (tertiary/aromatic N) is 4. The number of hydrogen-bond acceptors (Lipinski definition) is 6. The van der Waals surface area contributed by atoms with Gasteiger partial charge < -0.3 is 0 Å². The van der Waals surface area contributed by atoms with Crippen molar-refractivity contribution < 1.29 is 0 Å². The number of benzene rings is 3. The van der Waals surface area contributed by atoms with Crippen molar-refractivity contribution >= 4 is 34.8 Å². The molecule has 4 aromatic rings. The molecule has 0 unspecified atom stereocenters. The highest BCUT2D eigenvalue weighted by atomic mass is 15.4. The Balaban J connectivity index is 1.52. The van der Waals surface area contributed by atoms with Gasteiger partial charge in [0.1, 0.15) is 0 Å². The molecule has 0 bridgehead atoms. The van der Waals surface area contributed by atoms with E-state index in [1.165, 1.54) is 11.1 Å². The largest absolute Gasteiger partial charge is 0.259 e. The van der Waals surface area contributed by atoms with Gasteiger partial charge in [0.2, 0.25) is 0 Å². The van der Waals surface area contributed by atoms with E-state index in [9.17, 15) is 0 Å². The molecular weight excluding hydrogens is 372 g/mol. The van der Waals surface area contributed by atoms with Crippen molar-refractivity contribution in [3.05, 3.63) is 95.1 Å². The van der Waals surface area contributed by atoms with Crippen LogP contribution in [0.5, 0.6) is 0 Å². The van der Waals surface area contributed by atoms with E-state index in [-0.39, 0.29) is 0 Å². The lowest BCUT2D eigenvalue weighted by molar-refractivity contribution is 1.03. The van der Waals surface area contributed by atoms with Crippen LogP contribution in [0.1, 0.15) is 22.3 Å². The highest BCUT2D eigenvalue weighted by molar-refractivity contribution is 5.98. The Labute approximate surface area is 175 Å². The lowest BCUT2D eigenvalue weighted by Crippen LogP contribution is -2.01. The molecule has 1 aromatic heterocycles. The maximum absolute atomic E-state index is 4.30. The fourth-order valence-electron chi connectivity index (χ4n) is 2.91. The highest BCUT2D eigenvalue weighted by Crippen LogP contribution is 2.25. The second-order valence-corrected chi connectivity index (χ2v) is 7.00. The van der Waals surface area contributed by atoms with Crippen LogP contribution < -0.4 is 10.9 Å². The summed E-state index contributed by atoms with van der Waals surface area (Å²) < 4.78 is 0. The summed E-state index contributed by atoms with van der Waals surface area (Å²) in [4.78, 5) is 0. The molecule has 0 aliphatic rings. The van der Waals surface area contributed by atoms with Crippen molar-refractivity contribution in [1.82, 2.24) is 10.2 Å². The summed E-state index contributed by atoms with van der Waals surface area (Å²) in [7, 11) is 0. The molecule has 2 N–H and O–H groups in total. The monoisotopic (exact) mass is 394 g/mol. The van der Waals surface area contributed by atoms with Crippen molar-refractivity contribution in [3.63, 3.8) is 0 Å². The van der Waals surface area contributed by atoms with Crippen LogP contribution in [-0.4, -0.2) is 22.6 Å². The number of fused-ring (bicyclic) bond motifs is 1. The number of rotatable bonds is 6. The first-order valence-corrected chi connectivity index (χ1v) is 9.66. The van der Waals surface area contributed by atoms with Crippen LogP contribution in [0.25, 0.3) is 10.8 Å². The van der Waals surface area contributed by atoms with E-state index in [1.807, 2.05) is 72.8 Å². The summed E-state index contributed by atoms with van der Waals surface area (Å²) in [5.74, 6) is 1.17. The summed E-state index contributed by atoms with van der Waals surface area (Å²) in [5, 5.41) is 19.0. The average Bonchev–Trinajstić information content (AvgIpc) is 2.77. The van der Waals surface area contributed by atoms with E-state index in [0.717, 1.165) is 21.9 Å². The van der Waals surface area contributed by atoms with Crippen LogP contribution in [-0.2, 0) is 0 Å². The zero-order valence-electron chi connectivity index (χ0n) is 16.9. The minimum atomic E-state index is 0.585. The quantitative estimate of drug-likeness (QED) is 0.351. The fourth-order valence-corrected chi connectivity index (χ4v) is 2.91. The Morgan fingerprint density at radius 2 is 1.00 bits per heavy atom. The first-order chi connectivity index (χ1) is 14.7. The van der Waals surface area contributed by atoms with Gasteiger partial charge in [-0.15, -0.1) is 10.2 Å². The van der Waals surface area contributed by atoms with Gasteiger partial charge in [-0.3, -0.25) is 10.9 Å². The van der Waals surface area contributed by atoms with Crippen LogP contribution in [0.15, 0.2) is 83.0 Å². The molecule has 3 aromatic carbocycles. The number of anilines is 2. The molecule has 6 nitrogen and oxygen atoms in total. The van der Waals surface area contributed by atoms with Crippen molar-refractivity contribution in [1.29, 1.82) is 0 Å². The SMILES string of the molecule is Cc1ccc(/C=N/Nc2nnc(N/N=C/c3ccc(C)cc3)c3ccccc23)cc1. The van der Waals surface area contributed by atoms with Gasteiger partial charge in [-0.1, -0.05) is 83.9 Å². The summed E-state index contributed by atoms with van der Waals surface area (Å²) in [6.45, 7) is 4.11. The van der Waals surface area contributed by atoms with Crippen LogP contribution in [0, 0.1) is 13.8 Å². The van der Waals surface area contributed by atoms with Crippen molar-refractivity contribution in [2.75, 3.05) is 10.9 Å². The van der Waals surface area contributed by atoms with Gasteiger partial charge >= 0.3 is 0 Å². The standard InChI is InChI=1S/C24H22N6/c1-17-7-11-19(12-8-17)15-25-27-23-21-5-3-4-6-22(21)24(30-29-23)28-26-16-20-13-9-18(2)10-14-20/h3-16H,1-2H3,(H,27,29)(H,28,30)/b25-15+,26-16+. The van der Waals surface area contributed by atoms with E-state index in [4.69, 9.17) is 0 Å². The van der Waals surface area contributed by atoms with E-state index in [2.05, 4.69) is 45.1 Å². The Morgan fingerprint density at radius 3 is 1.40 bits per heavy atom. The molecule has 30 heavy (non-hydrogen) atoms. The topological polar surface area (TPSA) is 74.6 Å². The Hall–Kier alpha value is -4.06. The second kappa shape index (κ2) is 8.96. The van der Waals surface area contributed by atoms with Crippen molar-refractivity contribution in [3.8, 4) is 0 Å². The number of hydrogen-bond donors (Lipinski definition) is 2. The van der Waals surface area contributed by atoms with Gasteiger partial charge in [0.15, 0.2) is 11.6 Å².